The number of aromatic nitrogens is 3. The number of imidazole rings is 1. The zero-order valence-electron chi connectivity index (χ0n) is 13.0. The maximum absolute atomic E-state index is 4.79. The summed E-state index contributed by atoms with van der Waals surface area (Å²) in [5, 5.41) is 3.24. The van der Waals surface area contributed by atoms with Gasteiger partial charge in [-0.25, -0.2) is 9.97 Å². The fourth-order valence-corrected chi connectivity index (χ4v) is 3.98. The molecular weight excluding hydrogens is 316 g/mol. The molecule has 0 spiro atoms. The molecule has 0 atom stereocenters. The molecule has 5 rings (SSSR count). The Morgan fingerprint density at radius 3 is 2.58 bits per heavy atom. The van der Waals surface area contributed by atoms with E-state index in [9.17, 15) is 0 Å². The summed E-state index contributed by atoms with van der Waals surface area (Å²) < 4.78 is 0. The fourth-order valence-electron chi connectivity index (χ4n) is 3.12. The number of thiazole rings is 1. The number of nitrogens with zero attached hydrogens (tertiary/aromatic N) is 3. The predicted octanol–water partition coefficient (Wildman–Crippen LogP) is 4.29. The molecule has 5 heteroatoms. The lowest BCUT2D eigenvalue weighted by Crippen LogP contribution is -2.45. The molecule has 118 valence electrons. The van der Waals surface area contributed by atoms with Crippen LogP contribution in [0.5, 0.6) is 0 Å². The van der Waals surface area contributed by atoms with Gasteiger partial charge in [0.2, 0.25) is 0 Å². The first-order valence-electron chi connectivity index (χ1n) is 8.07. The van der Waals surface area contributed by atoms with Crippen molar-refractivity contribution in [2.45, 2.75) is 5.92 Å². The number of aromatic amines is 1. The molecule has 3 heterocycles. The van der Waals surface area contributed by atoms with E-state index in [0.717, 1.165) is 40.8 Å². The van der Waals surface area contributed by atoms with E-state index in [1.54, 1.807) is 11.3 Å². The Bertz CT molecular complexity index is 950. The van der Waals surface area contributed by atoms with E-state index in [-0.39, 0.29) is 0 Å². The molecule has 4 nitrogen and oxygen atoms in total. The van der Waals surface area contributed by atoms with E-state index in [4.69, 9.17) is 9.97 Å². The van der Waals surface area contributed by atoms with Crippen molar-refractivity contribution in [3.05, 3.63) is 65.8 Å². The van der Waals surface area contributed by atoms with Crippen LogP contribution in [0.1, 0.15) is 11.7 Å². The van der Waals surface area contributed by atoms with Crippen molar-refractivity contribution in [1.29, 1.82) is 0 Å². The van der Waals surface area contributed by atoms with E-state index >= 15 is 0 Å². The zero-order valence-corrected chi connectivity index (χ0v) is 13.8. The predicted molar refractivity (Wildman–Crippen MR) is 98.6 cm³/mol. The van der Waals surface area contributed by atoms with E-state index in [1.165, 1.54) is 5.56 Å². The number of anilines is 1. The maximum atomic E-state index is 4.79. The standard InChI is InChI=1S/C19H16N4S/c1-2-6-13(7-3-1)17-12-24-19(22-17)23-10-14(11-23)18-20-15-8-4-5-9-16(15)21-18/h1-9,12,14H,10-11H2,(H,20,21). The molecule has 1 aliphatic heterocycles. The minimum atomic E-state index is 0.460. The van der Waals surface area contributed by atoms with Crippen molar-refractivity contribution < 1.29 is 0 Å². The zero-order chi connectivity index (χ0) is 15.9. The van der Waals surface area contributed by atoms with Crippen LogP contribution in [-0.4, -0.2) is 28.0 Å². The molecule has 2 aromatic heterocycles. The Morgan fingerprint density at radius 2 is 1.75 bits per heavy atom. The Balaban J connectivity index is 1.32. The third kappa shape index (κ3) is 2.29. The molecule has 0 radical (unpaired) electrons. The van der Waals surface area contributed by atoms with Gasteiger partial charge < -0.3 is 9.88 Å². The molecular formula is C19H16N4S. The highest BCUT2D eigenvalue weighted by molar-refractivity contribution is 7.14. The second kappa shape index (κ2) is 5.46. The molecule has 0 aliphatic carbocycles. The fraction of sp³-hybridized carbons (Fsp3) is 0.158. The first-order chi connectivity index (χ1) is 11.9. The highest BCUT2D eigenvalue weighted by atomic mass is 32.1. The molecule has 0 unspecified atom stereocenters. The average Bonchev–Trinajstić information content (AvgIpc) is 3.21. The van der Waals surface area contributed by atoms with Gasteiger partial charge in [0.05, 0.1) is 22.6 Å². The molecule has 1 fully saturated rings. The van der Waals surface area contributed by atoms with Gasteiger partial charge in [0, 0.05) is 24.0 Å². The third-order valence-corrected chi connectivity index (χ3v) is 5.41. The van der Waals surface area contributed by atoms with Gasteiger partial charge in [-0.3, -0.25) is 0 Å². The Hall–Kier alpha value is -2.66. The van der Waals surface area contributed by atoms with Crippen LogP contribution in [0.2, 0.25) is 0 Å². The first kappa shape index (κ1) is 13.7. The van der Waals surface area contributed by atoms with E-state index in [0.29, 0.717) is 5.92 Å². The summed E-state index contributed by atoms with van der Waals surface area (Å²) in [4.78, 5) is 15.3. The lowest BCUT2D eigenvalue weighted by Gasteiger charge is -2.37. The number of hydrogen-bond donors (Lipinski definition) is 1. The van der Waals surface area contributed by atoms with Gasteiger partial charge >= 0.3 is 0 Å². The molecule has 1 saturated heterocycles. The van der Waals surface area contributed by atoms with Crippen molar-refractivity contribution in [3.63, 3.8) is 0 Å². The summed E-state index contributed by atoms with van der Waals surface area (Å²) in [6, 6.07) is 18.5. The summed E-state index contributed by atoms with van der Waals surface area (Å²) in [6.07, 6.45) is 0. The highest BCUT2D eigenvalue weighted by Gasteiger charge is 2.32. The van der Waals surface area contributed by atoms with E-state index < -0.39 is 0 Å². The largest absolute Gasteiger partial charge is 0.346 e. The van der Waals surface area contributed by atoms with Crippen LogP contribution in [-0.2, 0) is 0 Å². The SMILES string of the molecule is c1ccc(-c2csc(N3CC(c4nc5ccccc5[nH]4)C3)n2)cc1. The van der Waals surface area contributed by atoms with Crippen LogP contribution in [0.25, 0.3) is 22.3 Å². The van der Waals surface area contributed by atoms with Crippen LogP contribution < -0.4 is 4.90 Å². The maximum Gasteiger partial charge on any atom is 0.185 e. The normalized spacial score (nSPS) is 14.9. The van der Waals surface area contributed by atoms with Gasteiger partial charge in [-0.05, 0) is 12.1 Å². The monoisotopic (exact) mass is 332 g/mol. The summed E-state index contributed by atoms with van der Waals surface area (Å²) >= 11 is 1.71. The number of para-hydroxylation sites is 2. The number of hydrogen-bond acceptors (Lipinski definition) is 4. The molecule has 0 saturated carbocycles. The van der Waals surface area contributed by atoms with Gasteiger partial charge in [-0.2, -0.15) is 0 Å². The number of fused-ring (bicyclic) bond motifs is 1. The van der Waals surface area contributed by atoms with Crippen LogP contribution in [0.15, 0.2) is 60.0 Å². The lowest BCUT2D eigenvalue weighted by atomic mass is 10.0. The van der Waals surface area contributed by atoms with Crippen molar-refractivity contribution in [2.24, 2.45) is 0 Å². The van der Waals surface area contributed by atoms with Gasteiger partial charge in [-0.1, -0.05) is 42.5 Å². The number of rotatable bonds is 3. The molecule has 1 N–H and O–H groups in total. The van der Waals surface area contributed by atoms with Crippen molar-refractivity contribution in [2.75, 3.05) is 18.0 Å². The lowest BCUT2D eigenvalue weighted by molar-refractivity contribution is 0.505. The summed E-state index contributed by atoms with van der Waals surface area (Å²) in [5.74, 6) is 1.55. The quantitative estimate of drug-likeness (QED) is 0.609. The van der Waals surface area contributed by atoms with Crippen LogP contribution >= 0.6 is 11.3 Å². The van der Waals surface area contributed by atoms with Crippen LogP contribution in [0, 0.1) is 0 Å². The Labute approximate surface area is 143 Å². The van der Waals surface area contributed by atoms with Gasteiger partial charge in [0.15, 0.2) is 5.13 Å². The number of H-pyrrole nitrogens is 1. The van der Waals surface area contributed by atoms with Crippen molar-refractivity contribution >= 4 is 27.5 Å². The summed E-state index contributed by atoms with van der Waals surface area (Å²) in [7, 11) is 0. The van der Waals surface area contributed by atoms with Crippen LogP contribution in [0.4, 0.5) is 5.13 Å². The minimum absolute atomic E-state index is 0.460. The van der Waals surface area contributed by atoms with Gasteiger partial charge in [0.25, 0.3) is 0 Å². The van der Waals surface area contributed by atoms with Gasteiger partial charge in [0.1, 0.15) is 5.82 Å². The molecule has 2 aromatic carbocycles. The van der Waals surface area contributed by atoms with E-state index in [1.807, 2.05) is 18.2 Å². The smallest absolute Gasteiger partial charge is 0.185 e. The summed E-state index contributed by atoms with van der Waals surface area (Å²) in [6.45, 7) is 1.95. The minimum Gasteiger partial charge on any atom is -0.346 e. The molecule has 1 aliphatic rings. The second-order valence-electron chi connectivity index (χ2n) is 6.12. The number of nitrogens with one attached hydrogen (secondary N) is 1. The summed E-state index contributed by atoms with van der Waals surface area (Å²) in [5.41, 5.74) is 4.40. The molecule has 4 aromatic rings. The Kier molecular flexibility index (Phi) is 3.13. The molecule has 24 heavy (non-hydrogen) atoms. The highest BCUT2D eigenvalue weighted by Crippen LogP contribution is 2.35. The van der Waals surface area contributed by atoms with E-state index in [2.05, 4.69) is 51.7 Å². The Morgan fingerprint density at radius 1 is 0.958 bits per heavy atom. The number of benzene rings is 2. The van der Waals surface area contributed by atoms with Crippen molar-refractivity contribution in [3.8, 4) is 11.3 Å². The van der Waals surface area contributed by atoms with Crippen molar-refractivity contribution in [1.82, 2.24) is 15.0 Å². The van der Waals surface area contributed by atoms with Crippen LogP contribution in [0.3, 0.4) is 0 Å². The first-order valence-corrected chi connectivity index (χ1v) is 8.95. The second-order valence-corrected chi connectivity index (χ2v) is 6.96. The topological polar surface area (TPSA) is 44.8 Å². The average molecular weight is 332 g/mol. The van der Waals surface area contributed by atoms with Gasteiger partial charge in [-0.15, -0.1) is 11.3 Å². The molecule has 0 amide bonds. The molecule has 0 bridgehead atoms. The third-order valence-electron chi connectivity index (χ3n) is 4.51.